The van der Waals surface area contributed by atoms with Crippen molar-refractivity contribution in [2.45, 2.75) is 19.3 Å². The predicted octanol–water partition coefficient (Wildman–Crippen LogP) is 2.39. The van der Waals surface area contributed by atoms with Gasteiger partial charge in [0.15, 0.2) is 0 Å². The Bertz CT molecular complexity index is 601. The van der Waals surface area contributed by atoms with Gasteiger partial charge in [-0.05, 0) is 43.0 Å². The van der Waals surface area contributed by atoms with Crippen molar-refractivity contribution >= 4 is 17.6 Å². The Morgan fingerprint density at radius 1 is 1.09 bits per heavy atom. The third kappa shape index (κ3) is 3.73. The molecule has 122 valence electrons. The molecular formula is C18H22N2O3. The van der Waals surface area contributed by atoms with E-state index in [4.69, 9.17) is 5.11 Å². The number of carbonyl (C=O) groups is 2. The summed E-state index contributed by atoms with van der Waals surface area (Å²) in [5.41, 5.74) is 1.31. The van der Waals surface area contributed by atoms with Crippen molar-refractivity contribution in [3.05, 3.63) is 42.0 Å². The molecule has 5 heteroatoms. The largest absolute Gasteiger partial charge is 0.478 e. The van der Waals surface area contributed by atoms with E-state index in [9.17, 15) is 9.59 Å². The van der Waals surface area contributed by atoms with Gasteiger partial charge in [-0.1, -0.05) is 12.2 Å². The first kappa shape index (κ1) is 15.6. The summed E-state index contributed by atoms with van der Waals surface area (Å²) < 4.78 is 0. The van der Waals surface area contributed by atoms with E-state index in [2.05, 4.69) is 17.1 Å². The molecule has 0 bridgehead atoms. The standard InChI is InChI=1S/C18H22N2O3/c21-17(13-14-3-1-2-4-14)20-11-9-19(10-12-20)16-7-5-15(6-8-16)18(22)23/h1,3,5-8,14H,2,4,9-13H2,(H,22,23)/t14-/m0/s1. The van der Waals surface area contributed by atoms with Crippen LogP contribution in [0.3, 0.4) is 0 Å². The summed E-state index contributed by atoms with van der Waals surface area (Å²) in [4.78, 5) is 27.4. The normalized spacial score (nSPS) is 20.8. The van der Waals surface area contributed by atoms with Gasteiger partial charge in [0.05, 0.1) is 5.56 Å². The third-order valence-corrected chi connectivity index (χ3v) is 4.66. The number of carbonyl (C=O) groups excluding carboxylic acids is 1. The Morgan fingerprint density at radius 2 is 1.78 bits per heavy atom. The first-order valence-electron chi connectivity index (χ1n) is 8.16. The quantitative estimate of drug-likeness (QED) is 0.867. The maximum atomic E-state index is 12.3. The highest BCUT2D eigenvalue weighted by Gasteiger charge is 2.23. The van der Waals surface area contributed by atoms with Crippen molar-refractivity contribution in [1.82, 2.24) is 4.90 Å². The van der Waals surface area contributed by atoms with Crippen LogP contribution in [0.5, 0.6) is 0 Å². The SMILES string of the molecule is O=C(O)c1ccc(N2CCN(C(=O)C[C@H]3C=CCC3)CC2)cc1. The average Bonchev–Trinajstić information content (AvgIpc) is 3.08. The molecule has 3 rings (SSSR count). The van der Waals surface area contributed by atoms with Crippen LogP contribution in [0.4, 0.5) is 5.69 Å². The molecule has 1 N–H and O–H groups in total. The van der Waals surface area contributed by atoms with Crippen molar-refractivity contribution < 1.29 is 14.7 Å². The van der Waals surface area contributed by atoms with Crippen molar-refractivity contribution in [2.24, 2.45) is 5.92 Å². The van der Waals surface area contributed by atoms with Crippen LogP contribution in [0.1, 0.15) is 29.6 Å². The summed E-state index contributed by atoms with van der Waals surface area (Å²) in [5.74, 6) is -0.237. The lowest BCUT2D eigenvalue weighted by Gasteiger charge is -2.36. The van der Waals surface area contributed by atoms with Gasteiger partial charge in [-0.2, -0.15) is 0 Å². The second kappa shape index (κ2) is 6.86. The highest BCUT2D eigenvalue weighted by molar-refractivity contribution is 5.88. The van der Waals surface area contributed by atoms with Gasteiger partial charge in [-0.15, -0.1) is 0 Å². The van der Waals surface area contributed by atoms with Gasteiger partial charge in [0, 0.05) is 38.3 Å². The minimum atomic E-state index is -0.909. The van der Waals surface area contributed by atoms with Crippen LogP contribution in [0, 0.1) is 5.92 Å². The summed E-state index contributed by atoms with van der Waals surface area (Å²) in [6.07, 6.45) is 7.15. The third-order valence-electron chi connectivity index (χ3n) is 4.66. The summed E-state index contributed by atoms with van der Waals surface area (Å²) in [5, 5.41) is 8.94. The monoisotopic (exact) mass is 314 g/mol. The number of piperazine rings is 1. The predicted molar refractivity (Wildman–Crippen MR) is 88.7 cm³/mol. The molecule has 1 aliphatic carbocycles. The molecule has 0 unspecified atom stereocenters. The molecule has 0 radical (unpaired) electrons. The lowest BCUT2D eigenvalue weighted by molar-refractivity contribution is -0.132. The molecule has 2 aliphatic rings. The molecule has 1 atom stereocenters. The summed E-state index contributed by atoms with van der Waals surface area (Å²) >= 11 is 0. The number of nitrogens with zero attached hydrogens (tertiary/aromatic N) is 2. The molecule has 1 aromatic rings. The zero-order valence-corrected chi connectivity index (χ0v) is 13.1. The highest BCUT2D eigenvalue weighted by Crippen LogP contribution is 2.22. The second-order valence-electron chi connectivity index (χ2n) is 6.19. The molecule has 1 fully saturated rings. The molecule has 5 nitrogen and oxygen atoms in total. The molecule has 1 aromatic carbocycles. The van der Waals surface area contributed by atoms with E-state index in [1.54, 1.807) is 12.1 Å². The number of aromatic carboxylic acids is 1. The maximum absolute atomic E-state index is 12.3. The van der Waals surface area contributed by atoms with Crippen molar-refractivity contribution in [3.8, 4) is 0 Å². The zero-order valence-electron chi connectivity index (χ0n) is 13.1. The fraction of sp³-hybridized carbons (Fsp3) is 0.444. The number of amides is 1. The molecule has 1 saturated heterocycles. The Morgan fingerprint density at radius 3 is 2.35 bits per heavy atom. The summed E-state index contributed by atoms with van der Waals surface area (Å²) in [6, 6.07) is 6.93. The number of anilines is 1. The first-order valence-corrected chi connectivity index (χ1v) is 8.16. The summed E-state index contributed by atoms with van der Waals surface area (Å²) in [6.45, 7) is 3.04. The fourth-order valence-electron chi connectivity index (χ4n) is 3.25. The minimum Gasteiger partial charge on any atom is -0.478 e. The Labute approximate surface area is 136 Å². The molecule has 23 heavy (non-hydrogen) atoms. The van der Waals surface area contributed by atoms with Crippen LogP contribution >= 0.6 is 0 Å². The van der Waals surface area contributed by atoms with E-state index >= 15 is 0 Å². The van der Waals surface area contributed by atoms with Gasteiger partial charge in [0.2, 0.25) is 5.91 Å². The maximum Gasteiger partial charge on any atom is 0.335 e. The van der Waals surface area contributed by atoms with Crippen molar-refractivity contribution in [3.63, 3.8) is 0 Å². The number of carboxylic acids is 1. The van der Waals surface area contributed by atoms with Crippen molar-refractivity contribution in [2.75, 3.05) is 31.1 Å². The fourth-order valence-corrected chi connectivity index (χ4v) is 3.25. The molecule has 0 saturated carbocycles. The Kier molecular flexibility index (Phi) is 4.65. The first-order chi connectivity index (χ1) is 11.1. The molecule has 1 amide bonds. The second-order valence-corrected chi connectivity index (χ2v) is 6.19. The molecular weight excluding hydrogens is 292 g/mol. The van der Waals surface area contributed by atoms with Crippen LogP contribution in [0.2, 0.25) is 0 Å². The van der Waals surface area contributed by atoms with Gasteiger partial charge >= 0.3 is 5.97 Å². The number of rotatable bonds is 4. The Balaban J connectivity index is 1.52. The van der Waals surface area contributed by atoms with Gasteiger partial charge in [0.25, 0.3) is 0 Å². The average molecular weight is 314 g/mol. The van der Waals surface area contributed by atoms with E-state index < -0.39 is 5.97 Å². The minimum absolute atomic E-state index is 0.252. The van der Waals surface area contributed by atoms with Crippen LogP contribution in [-0.2, 0) is 4.79 Å². The number of carboxylic acid groups (broad SMARTS) is 1. The smallest absolute Gasteiger partial charge is 0.335 e. The molecule has 1 aliphatic heterocycles. The van der Waals surface area contributed by atoms with Gasteiger partial charge < -0.3 is 14.9 Å². The van der Waals surface area contributed by atoms with Crippen LogP contribution < -0.4 is 4.90 Å². The van der Waals surface area contributed by atoms with Crippen LogP contribution in [0.25, 0.3) is 0 Å². The Hall–Kier alpha value is -2.30. The molecule has 0 aromatic heterocycles. The van der Waals surface area contributed by atoms with E-state index in [1.165, 1.54) is 0 Å². The van der Waals surface area contributed by atoms with E-state index in [0.717, 1.165) is 44.7 Å². The van der Waals surface area contributed by atoms with Gasteiger partial charge in [-0.3, -0.25) is 4.79 Å². The van der Waals surface area contributed by atoms with E-state index in [-0.39, 0.29) is 5.91 Å². The van der Waals surface area contributed by atoms with Crippen LogP contribution in [-0.4, -0.2) is 48.1 Å². The topological polar surface area (TPSA) is 60.9 Å². The van der Waals surface area contributed by atoms with Crippen molar-refractivity contribution in [1.29, 1.82) is 0 Å². The van der Waals surface area contributed by atoms with Crippen LogP contribution in [0.15, 0.2) is 36.4 Å². The van der Waals surface area contributed by atoms with Gasteiger partial charge in [-0.25, -0.2) is 4.79 Å². The van der Waals surface area contributed by atoms with E-state index in [0.29, 0.717) is 17.9 Å². The van der Waals surface area contributed by atoms with Gasteiger partial charge in [0.1, 0.15) is 0 Å². The number of hydrogen-bond donors (Lipinski definition) is 1. The number of hydrogen-bond acceptors (Lipinski definition) is 3. The lowest BCUT2D eigenvalue weighted by atomic mass is 10.0. The zero-order chi connectivity index (χ0) is 16.2. The van der Waals surface area contributed by atoms with E-state index in [1.807, 2.05) is 17.0 Å². The number of benzene rings is 1. The lowest BCUT2D eigenvalue weighted by Crippen LogP contribution is -2.49. The summed E-state index contributed by atoms with van der Waals surface area (Å²) in [7, 11) is 0. The highest BCUT2D eigenvalue weighted by atomic mass is 16.4. The number of allylic oxidation sites excluding steroid dienone is 2. The molecule has 0 spiro atoms. The molecule has 1 heterocycles.